The molecule has 1 aliphatic rings. The molecule has 0 radical (unpaired) electrons. The molecule has 0 fully saturated rings. The third kappa shape index (κ3) is 2.61. The van der Waals surface area contributed by atoms with Crippen molar-refractivity contribution in [3.63, 3.8) is 0 Å². The molecule has 0 amide bonds. The molecule has 5 heteroatoms. The van der Waals surface area contributed by atoms with Crippen LogP contribution in [0.5, 0.6) is 0 Å². The molecule has 2 rings (SSSR count). The Balaban J connectivity index is 2.15. The van der Waals surface area contributed by atoms with Crippen LogP contribution < -0.4 is 5.32 Å². The second-order valence-electron chi connectivity index (χ2n) is 3.28. The van der Waals surface area contributed by atoms with E-state index < -0.39 is 0 Å². The first-order chi connectivity index (χ1) is 7.79. The van der Waals surface area contributed by atoms with Gasteiger partial charge in [-0.1, -0.05) is 23.9 Å². The molecule has 16 heavy (non-hydrogen) atoms. The Kier molecular flexibility index (Phi) is 3.56. The lowest BCUT2D eigenvalue weighted by Gasteiger charge is -2.12. The van der Waals surface area contributed by atoms with E-state index in [2.05, 4.69) is 15.5 Å². The van der Waals surface area contributed by atoms with Gasteiger partial charge in [0.05, 0.1) is 5.71 Å². The summed E-state index contributed by atoms with van der Waals surface area (Å²) in [6, 6.07) is 6.32. The molecule has 0 saturated heterocycles. The summed E-state index contributed by atoms with van der Waals surface area (Å²) in [6.45, 7) is 2.86. The Labute approximate surface area is 97.8 Å². The lowest BCUT2D eigenvalue weighted by atomic mass is 10.1. The molecule has 0 aromatic heterocycles. The Bertz CT molecular complexity index is 425. The van der Waals surface area contributed by atoms with E-state index in [-0.39, 0.29) is 5.82 Å². The second-order valence-corrected chi connectivity index (χ2v) is 4.24. The van der Waals surface area contributed by atoms with E-state index in [9.17, 15) is 4.39 Å². The van der Waals surface area contributed by atoms with Crippen molar-refractivity contribution >= 4 is 22.6 Å². The number of amidine groups is 1. The van der Waals surface area contributed by atoms with Crippen molar-refractivity contribution in [2.75, 3.05) is 12.3 Å². The van der Waals surface area contributed by atoms with Gasteiger partial charge < -0.3 is 5.32 Å². The van der Waals surface area contributed by atoms with E-state index in [4.69, 9.17) is 0 Å². The van der Waals surface area contributed by atoms with Gasteiger partial charge >= 0.3 is 0 Å². The smallest absolute Gasteiger partial charge is 0.183 e. The molecular weight excluding hydrogens is 225 g/mol. The van der Waals surface area contributed by atoms with Crippen molar-refractivity contribution < 1.29 is 4.39 Å². The highest BCUT2D eigenvalue weighted by Crippen LogP contribution is 2.14. The maximum Gasteiger partial charge on any atom is 0.183 e. The Hall–Kier alpha value is -1.36. The van der Waals surface area contributed by atoms with Gasteiger partial charge in [0.2, 0.25) is 0 Å². The van der Waals surface area contributed by atoms with Gasteiger partial charge in [0.25, 0.3) is 0 Å². The van der Waals surface area contributed by atoms with Gasteiger partial charge in [-0.3, -0.25) is 0 Å². The van der Waals surface area contributed by atoms with E-state index >= 15 is 0 Å². The predicted molar refractivity (Wildman–Crippen MR) is 66.5 cm³/mol. The molecule has 3 nitrogen and oxygen atoms in total. The fourth-order valence-corrected chi connectivity index (χ4v) is 2.16. The summed E-state index contributed by atoms with van der Waals surface area (Å²) in [4.78, 5) is 0. The zero-order valence-corrected chi connectivity index (χ0v) is 9.72. The highest BCUT2D eigenvalue weighted by atomic mass is 32.2. The van der Waals surface area contributed by atoms with Crippen LogP contribution in [0.2, 0.25) is 0 Å². The topological polar surface area (TPSA) is 36.8 Å². The molecule has 0 atom stereocenters. The summed E-state index contributed by atoms with van der Waals surface area (Å²) in [6.07, 6.45) is 0. The van der Waals surface area contributed by atoms with Crippen molar-refractivity contribution in [3.8, 4) is 0 Å². The molecule has 0 unspecified atom stereocenters. The molecule has 1 N–H and O–H groups in total. The number of halogens is 1. The second kappa shape index (κ2) is 5.12. The number of benzene rings is 1. The summed E-state index contributed by atoms with van der Waals surface area (Å²) >= 11 is 1.61. The Morgan fingerprint density at radius 2 is 2.06 bits per heavy atom. The van der Waals surface area contributed by atoms with Gasteiger partial charge in [-0.2, -0.15) is 5.10 Å². The first-order valence-corrected chi connectivity index (χ1v) is 6.05. The number of nitrogens with zero attached hydrogens (tertiary/aromatic N) is 2. The molecule has 1 aliphatic heterocycles. The highest BCUT2D eigenvalue weighted by Gasteiger charge is 2.11. The molecule has 0 aliphatic carbocycles. The third-order valence-corrected chi connectivity index (χ3v) is 3.03. The largest absolute Gasteiger partial charge is 0.363 e. The number of hydrogen-bond acceptors (Lipinski definition) is 4. The van der Waals surface area contributed by atoms with Gasteiger partial charge in [-0.05, 0) is 24.6 Å². The first kappa shape index (κ1) is 11.1. The monoisotopic (exact) mass is 237 g/mol. The highest BCUT2D eigenvalue weighted by molar-refractivity contribution is 8.14. The van der Waals surface area contributed by atoms with Crippen molar-refractivity contribution in [1.29, 1.82) is 0 Å². The van der Waals surface area contributed by atoms with Crippen LogP contribution in [0.1, 0.15) is 12.5 Å². The maximum absolute atomic E-state index is 12.7. The molecule has 1 aromatic carbocycles. The number of thioether (sulfide) groups is 1. The minimum Gasteiger partial charge on any atom is -0.363 e. The molecule has 1 aromatic rings. The van der Waals surface area contributed by atoms with Crippen LogP contribution in [0.15, 0.2) is 34.5 Å². The molecule has 0 saturated carbocycles. The zero-order chi connectivity index (χ0) is 11.4. The quantitative estimate of drug-likeness (QED) is 0.856. The zero-order valence-electron chi connectivity index (χ0n) is 8.90. The van der Waals surface area contributed by atoms with Crippen molar-refractivity contribution in [1.82, 2.24) is 5.32 Å². The molecule has 84 valence electrons. The van der Waals surface area contributed by atoms with Gasteiger partial charge in [-0.15, -0.1) is 5.10 Å². The van der Waals surface area contributed by atoms with Crippen LogP contribution in [-0.2, 0) is 0 Å². The van der Waals surface area contributed by atoms with E-state index in [1.54, 1.807) is 23.9 Å². The van der Waals surface area contributed by atoms with Crippen LogP contribution in [-0.4, -0.2) is 23.2 Å². The lowest BCUT2D eigenvalue weighted by molar-refractivity contribution is 0.628. The third-order valence-electron chi connectivity index (χ3n) is 2.11. The van der Waals surface area contributed by atoms with E-state index in [0.29, 0.717) is 0 Å². The van der Waals surface area contributed by atoms with Gasteiger partial charge in [-0.25, -0.2) is 4.39 Å². The molecule has 0 bridgehead atoms. The molecular formula is C11H12FN3S. The molecule has 0 spiro atoms. The van der Waals surface area contributed by atoms with Crippen molar-refractivity contribution in [3.05, 3.63) is 35.6 Å². The van der Waals surface area contributed by atoms with E-state index in [0.717, 1.165) is 28.7 Å². The fourth-order valence-electron chi connectivity index (χ4n) is 1.32. The number of nitrogens with one attached hydrogen (secondary N) is 1. The van der Waals surface area contributed by atoms with Crippen LogP contribution in [0.25, 0.3) is 0 Å². The number of hydrogen-bond donors (Lipinski definition) is 1. The Morgan fingerprint density at radius 3 is 2.62 bits per heavy atom. The lowest BCUT2D eigenvalue weighted by Crippen LogP contribution is -2.23. The summed E-state index contributed by atoms with van der Waals surface area (Å²) in [5.41, 5.74) is 1.81. The van der Waals surface area contributed by atoms with E-state index in [1.165, 1.54) is 12.1 Å². The normalized spacial score (nSPS) is 15.4. The minimum atomic E-state index is -0.232. The standard InChI is InChI=1S/C11H12FN3S/c1-2-13-11-15-14-10(7-16-11)8-3-5-9(12)6-4-8/h3-6H,2,7H2,1H3,(H,13,15). The minimum absolute atomic E-state index is 0.232. The summed E-state index contributed by atoms with van der Waals surface area (Å²) in [5.74, 6) is 0.530. The van der Waals surface area contributed by atoms with E-state index in [1.807, 2.05) is 6.92 Å². The summed E-state index contributed by atoms with van der Waals surface area (Å²) in [5, 5.41) is 12.1. The van der Waals surface area contributed by atoms with Gasteiger partial charge in [0.1, 0.15) is 5.82 Å². The average Bonchev–Trinajstić information content (AvgIpc) is 2.32. The maximum atomic E-state index is 12.7. The van der Waals surface area contributed by atoms with Gasteiger partial charge in [0.15, 0.2) is 5.17 Å². The summed E-state index contributed by atoms with van der Waals surface area (Å²) < 4.78 is 12.7. The average molecular weight is 237 g/mol. The SMILES string of the molecule is CCNC1=NN=C(c2ccc(F)cc2)CS1. The van der Waals surface area contributed by atoms with Crippen molar-refractivity contribution in [2.45, 2.75) is 6.92 Å². The first-order valence-electron chi connectivity index (χ1n) is 5.06. The fraction of sp³-hybridized carbons (Fsp3) is 0.273. The van der Waals surface area contributed by atoms with Crippen LogP contribution in [0.4, 0.5) is 4.39 Å². The Morgan fingerprint density at radius 1 is 1.31 bits per heavy atom. The molecule has 1 heterocycles. The van der Waals surface area contributed by atoms with Crippen LogP contribution in [0, 0.1) is 5.82 Å². The summed E-state index contributed by atoms with van der Waals surface area (Å²) in [7, 11) is 0. The van der Waals surface area contributed by atoms with Crippen molar-refractivity contribution in [2.24, 2.45) is 10.2 Å². The predicted octanol–water partition coefficient (Wildman–Crippen LogP) is 2.24. The van der Waals surface area contributed by atoms with Crippen LogP contribution >= 0.6 is 11.8 Å². The van der Waals surface area contributed by atoms with Gasteiger partial charge in [0, 0.05) is 12.3 Å². The number of rotatable bonds is 2. The van der Waals surface area contributed by atoms with Crippen LogP contribution in [0.3, 0.4) is 0 Å².